The normalized spacial score (nSPS) is 14.1. The molecule has 0 spiro atoms. The van der Waals surface area contributed by atoms with Crippen LogP contribution in [0.3, 0.4) is 0 Å². The van der Waals surface area contributed by atoms with Gasteiger partial charge in [0.05, 0.1) is 6.54 Å². The Hall–Kier alpha value is -3.02. The van der Waals surface area contributed by atoms with E-state index in [0.29, 0.717) is 5.56 Å². The maximum absolute atomic E-state index is 12.5. The van der Waals surface area contributed by atoms with Gasteiger partial charge >= 0.3 is 11.9 Å². The molecule has 1 saturated carbocycles. The second-order valence-electron chi connectivity index (χ2n) is 6.02. The summed E-state index contributed by atoms with van der Waals surface area (Å²) in [6.45, 7) is -1.60. The van der Waals surface area contributed by atoms with Crippen molar-refractivity contribution in [2.45, 2.75) is 31.6 Å². The van der Waals surface area contributed by atoms with E-state index in [1.807, 2.05) is 0 Å². The first-order chi connectivity index (χ1) is 12.3. The van der Waals surface area contributed by atoms with Gasteiger partial charge in [-0.2, -0.15) is 18.4 Å². The summed E-state index contributed by atoms with van der Waals surface area (Å²) in [6.07, 6.45) is -1.61. The van der Waals surface area contributed by atoms with Gasteiger partial charge in [-0.1, -0.05) is 12.1 Å². The van der Waals surface area contributed by atoms with Crippen LogP contribution in [0.2, 0.25) is 0 Å². The molecule has 1 fully saturated rings. The van der Waals surface area contributed by atoms with E-state index in [1.54, 1.807) is 12.1 Å². The lowest BCUT2D eigenvalue weighted by Crippen LogP contribution is -2.40. The number of aromatic nitrogens is 2. The third-order valence-corrected chi connectivity index (χ3v) is 3.90. The number of rotatable bonds is 5. The summed E-state index contributed by atoms with van der Waals surface area (Å²) in [5.74, 6) is -0.0215. The lowest BCUT2D eigenvalue weighted by molar-refractivity contribution is -0.153. The van der Waals surface area contributed by atoms with Gasteiger partial charge < -0.3 is 4.74 Å². The van der Waals surface area contributed by atoms with Crippen LogP contribution in [0.1, 0.15) is 30.0 Å². The summed E-state index contributed by atoms with van der Waals surface area (Å²) in [5.41, 5.74) is -1.00. The van der Waals surface area contributed by atoms with Gasteiger partial charge in [0.15, 0.2) is 6.61 Å². The van der Waals surface area contributed by atoms with E-state index in [2.05, 4.69) is 4.74 Å². The van der Waals surface area contributed by atoms with Gasteiger partial charge in [-0.15, -0.1) is 0 Å². The molecular weight excluding hydrogens is 351 g/mol. The van der Waals surface area contributed by atoms with Crippen molar-refractivity contribution in [2.75, 3.05) is 6.61 Å². The van der Waals surface area contributed by atoms with Crippen molar-refractivity contribution in [3.05, 3.63) is 62.4 Å². The summed E-state index contributed by atoms with van der Waals surface area (Å²) >= 11 is 0. The number of hydrogen-bond donors (Lipinski definition) is 0. The zero-order chi connectivity index (χ0) is 18.9. The van der Waals surface area contributed by atoms with Gasteiger partial charge in [0.25, 0.3) is 5.56 Å². The van der Waals surface area contributed by atoms with E-state index < -0.39 is 24.0 Å². The Bertz CT molecular complexity index is 982. The predicted octanol–water partition coefficient (Wildman–Crippen LogP) is 2.21. The monoisotopic (exact) mass is 365 g/mol. The first-order valence-electron chi connectivity index (χ1n) is 7.83. The second kappa shape index (κ2) is 6.71. The van der Waals surface area contributed by atoms with Gasteiger partial charge in [0.2, 0.25) is 0 Å². The second-order valence-corrected chi connectivity index (χ2v) is 6.02. The lowest BCUT2D eigenvalue weighted by atomic mass is 10.2. The molecule has 3 rings (SSSR count). The van der Waals surface area contributed by atoms with Crippen LogP contribution >= 0.6 is 0 Å². The third kappa shape index (κ3) is 3.96. The molecule has 0 atom stereocenters. The van der Waals surface area contributed by atoms with Crippen molar-refractivity contribution in [2.24, 2.45) is 0 Å². The minimum atomic E-state index is -4.47. The summed E-state index contributed by atoms with van der Waals surface area (Å²) < 4.78 is 43.7. The highest BCUT2D eigenvalue weighted by atomic mass is 19.4. The Morgan fingerprint density at radius 1 is 1.27 bits per heavy atom. The molecule has 1 aromatic heterocycles. The number of benzene rings is 1. The van der Waals surface area contributed by atoms with Crippen LogP contribution in [-0.2, 0) is 6.54 Å². The molecular formula is C17H14F3N3O3. The Kier molecular flexibility index (Phi) is 4.59. The first-order valence-corrected chi connectivity index (χ1v) is 7.83. The van der Waals surface area contributed by atoms with E-state index in [1.165, 1.54) is 29.0 Å². The number of nitrogens with zero attached hydrogens (tertiary/aromatic N) is 3. The van der Waals surface area contributed by atoms with Gasteiger partial charge in [0.1, 0.15) is 17.4 Å². The summed E-state index contributed by atoms with van der Waals surface area (Å²) in [7, 11) is 0. The number of nitriles is 1. The molecule has 0 aliphatic heterocycles. The fourth-order valence-corrected chi connectivity index (χ4v) is 2.53. The van der Waals surface area contributed by atoms with Crippen LogP contribution in [0.5, 0.6) is 5.75 Å². The van der Waals surface area contributed by atoms with E-state index in [4.69, 9.17) is 5.26 Å². The van der Waals surface area contributed by atoms with Crippen molar-refractivity contribution in [3.8, 4) is 11.8 Å². The summed E-state index contributed by atoms with van der Waals surface area (Å²) in [6, 6.07) is 7.47. The van der Waals surface area contributed by atoms with Crippen LogP contribution in [0.25, 0.3) is 0 Å². The molecule has 9 heteroatoms. The molecule has 0 bridgehead atoms. The van der Waals surface area contributed by atoms with Crippen molar-refractivity contribution < 1.29 is 17.9 Å². The Labute approximate surface area is 145 Å². The van der Waals surface area contributed by atoms with E-state index in [0.717, 1.165) is 17.4 Å². The lowest BCUT2D eigenvalue weighted by Gasteiger charge is -2.12. The fourth-order valence-electron chi connectivity index (χ4n) is 2.53. The number of alkyl halides is 3. The van der Waals surface area contributed by atoms with Crippen LogP contribution in [0.15, 0.2) is 40.1 Å². The number of halogens is 3. The molecule has 6 nitrogen and oxygen atoms in total. The molecule has 0 amide bonds. The zero-order valence-electron chi connectivity index (χ0n) is 13.5. The highest BCUT2D eigenvalue weighted by Crippen LogP contribution is 2.33. The van der Waals surface area contributed by atoms with Crippen LogP contribution in [0.4, 0.5) is 13.2 Å². The molecule has 2 aromatic rings. The van der Waals surface area contributed by atoms with Crippen molar-refractivity contribution in [1.82, 2.24) is 9.13 Å². The SMILES string of the molecule is N#Cc1cn(C2CC2)c(=O)n(Cc2cccc(OCC(F)(F)F)c2)c1=O. The van der Waals surface area contributed by atoms with Gasteiger partial charge in [-0.05, 0) is 30.5 Å². The van der Waals surface area contributed by atoms with E-state index in [9.17, 15) is 22.8 Å². The minimum absolute atomic E-state index is 0.0215. The molecule has 0 N–H and O–H groups in total. The maximum atomic E-state index is 12.5. The summed E-state index contributed by atoms with van der Waals surface area (Å²) in [5, 5.41) is 9.11. The molecule has 26 heavy (non-hydrogen) atoms. The smallest absolute Gasteiger partial charge is 0.422 e. The fraction of sp³-hybridized carbons (Fsp3) is 0.353. The predicted molar refractivity (Wildman–Crippen MR) is 85.0 cm³/mol. The van der Waals surface area contributed by atoms with Gasteiger partial charge in [-0.25, -0.2) is 4.79 Å². The third-order valence-electron chi connectivity index (χ3n) is 3.90. The highest BCUT2D eigenvalue weighted by molar-refractivity contribution is 5.29. The zero-order valence-corrected chi connectivity index (χ0v) is 13.5. The average Bonchev–Trinajstić information content (AvgIpc) is 3.42. The number of hydrogen-bond acceptors (Lipinski definition) is 4. The first kappa shape index (κ1) is 17.8. The molecule has 1 aliphatic rings. The van der Waals surface area contributed by atoms with E-state index in [-0.39, 0.29) is 23.9 Å². The minimum Gasteiger partial charge on any atom is -0.484 e. The molecule has 1 aliphatic carbocycles. The summed E-state index contributed by atoms with van der Waals surface area (Å²) in [4.78, 5) is 24.8. The standard InChI is InChI=1S/C17H14F3N3O3/c18-17(19,20)10-26-14-3-1-2-11(6-14)8-23-15(24)12(7-21)9-22(16(23)25)13-4-5-13/h1-3,6,9,13H,4-5,8,10H2. The van der Waals surface area contributed by atoms with Gasteiger partial charge in [0, 0.05) is 12.2 Å². The molecule has 0 saturated heterocycles. The van der Waals surface area contributed by atoms with Crippen LogP contribution < -0.4 is 16.0 Å². The molecule has 1 heterocycles. The van der Waals surface area contributed by atoms with Gasteiger partial charge in [-0.3, -0.25) is 13.9 Å². The molecule has 0 unspecified atom stereocenters. The quantitative estimate of drug-likeness (QED) is 0.814. The molecule has 0 radical (unpaired) electrons. The van der Waals surface area contributed by atoms with Crippen molar-refractivity contribution >= 4 is 0 Å². The van der Waals surface area contributed by atoms with E-state index >= 15 is 0 Å². The Balaban J connectivity index is 1.92. The van der Waals surface area contributed by atoms with Crippen molar-refractivity contribution in [1.29, 1.82) is 5.26 Å². The average molecular weight is 365 g/mol. The topological polar surface area (TPSA) is 77.0 Å². The Morgan fingerprint density at radius 2 is 2.00 bits per heavy atom. The Morgan fingerprint density at radius 3 is 2.62 bits per heavy atom. The number of ether oxygens (including phenoxy) is 1. The largest absolute Gasteiger partial charge is 0.484 e. The van der Waals surface area contributed by atoms with Crippen molar-refractivity contribution in [3.63, 3.8) is 0 Å². The molecule has 136 valence electrons. The molecule has 1 aromatic carbocycles. The highest BCUT2D eigenvalue weighted by Gasteiger charge is 2.29. The van der Waals surface area contributed by atoms with Crippen LogP contribution in [0, 0.1) is 11.3 Å². The van der Waals surface area contributed by atoms with Crippen LogP contribution in [-0.4, -0.2) is 21.9 Å². The maximum Gasteiger partial charge on any atom is 0.422 e.